The summed E-state index contributed by atoms with van der Waals surface area (Å²) in [5.74, 6) is 3.40. The molecule has 64 heavy (non-hydrogen) atoms. The Kier molecular flexibility index (Phi) is 12.9. The molecule has 2 atom stereocenters. The van der Waals surface area contributed by atoms with E-state index in [1.807, 2.05) is 20.8 Å². The van der Waals surface area contributed by atoms with Gasteiger partial charge in [-0.25, -0.2) is 13.6 Å². The van der Waals surface area contributed by atoms with E-state index in [4.69, 9.17) is 33.9 Å². The molecule has 4 fully saturated rings. The number of anilines is 1. The summed E-state index contributed by atoms with van der Waals surface area (Å²) in [6.07, 6.45) is 7.33. The van der Waals surface area contributed by atoms with Gasteiger partial charge in [-0.05, 0) is 124 Å². The lowest BCUT2D eigenvalue weighted by molar-refractivity contribution is 0.0472. The van der Waals surface area contributed by atoms with Crippen LogP contribution in [0.15, 0.2) is 30.5 Å². The average molecular weight is 897 g/mol. The van der Waals surface area contributed by atoms with Crippen LogP contribution in [0.5, 0.6) is 11.8 Å². The van der Waals surface area contributed by atoms with Crippen LogP contribution in [0, 0.1) is 34.9 Å². The van der Waals surface area contributed by atoms with Crippen molar-refractivity contribution in [1.29, 1.82) is 0 Å². The van der Waals surface area contributed by atoms with E-state index in [0.717, 1.165) is 51.6 Å². The molecule has 4 aliphatic rings. The molecule has 344 valence electrons. The molecule has 3 saturated heterocycles. The van der Waals surface area contributed by atoms with Crippen LogP contribution in [0.4, 0.5) is 19.4 Å². The van der Waals surface area contributed by atoms with Crippen LogP contribution < -0.4 is 19.7 Å². The molecule has 2 aromatic heterocycles. The third-order valence-corrected chi connectivity index (χ3v) is 20.9. The number of halogens is 2. The van der Waals surface area contributed by atoms with E-state index in [1.54, 1.807) is 24.4 Å². The second kappa shape index (κ2) is 18.0. The van der Waals surface area contributed by atoms with E-state index in [-0.39, 0.29) is 53.0 Å². The lowest BCUT2D eigenvalue weighted by atomic mass is 9.92. The summed E-state index contributed by atoms with van der Waals surface area (Å²) in [5.41, 5.74) is 4.55. The number of nitrogens with zero attached hydrogens (tertiary/aromatic N) is 5. The molecule has 4 aromatic rings. The summed E-state index contributed by atoms with van der Waals surface area (Å²) >= 11 is 0. The number of nitrogens with one attached hydrogen (secondary N) is 1. The number of amides is 1. The minimum Gasteiger partial charge on any atom is -0.468 e. The highest BCUT2D eigenvalue weighted by molar-refractivity contribution is 6.90. The fourth-order valence-electron chi connectivity index (χ4n) is 11.8. The summed E-state index contributed by atoms with van der Waals surface area (Å²) < 4.78 is 57.7. The van der Waals surface area contributed by atoms with Crippen LogP contribution in [0.1, 0.15) is 106 Å². The van der Waals surface area contributed by atoms with E-state index in [2.05, 4.69) is 68.1 Å². The monoisotopic (exact) mass is 896 g/mol. The molecule has 0 radical (unpaired) electrons. The zero-order valence-corrected chi connectivity index (χ0v) is 40.4. The number of hydrogen-bond acceptors (Lipinski definition) is 10. The maximum absolute atomic E-state index is 17.9. The van der Waals surface area contributed by atoms with Crippen molar-refractivity contribution in [3.63, 3.8) is 0 Å². The van der Waals surface area contributed by atoms with Gasteiger partial charge in [0.15, 0.2) is 12.6 Å². The number of carbonyl (C=O) groups excluding carboxylic acids is 1. The lowest BCUT2D eigenvalue weighted by Crippen LogP contribution is -2.53. The minimum atomic E-state index is -2.30. The maximum atomic E-state index is 17.9. The van der Waals surface area contributed by atoms with Crippen molar-refractivity contribution in [2.24, 2.45) is 11.8 Å². The molecule has 2 bridgehead atoms. The molecule has 1 amide bonds. The number of benzene rings is 2. The molecule has 1 N–H and O–H groups in total. The maximum Gasteiger partial charge on any atom is 0.407 e. The first-order chi connectivity index (χ1) is 30.4. The molecule has 2 aromatic carbocycles. The second-order valence-electron chi connectivity index (χ2n) is 20.6. The molecule has 3 aliphatic heterocycles. The van der Waals surface area contributed by atoms with Crippen LogP contribution in [0.25, 0.3) is 32.9 Å². The Balaban J connectivity index is 1.27. The molecular formula is C50H66F2N6O5Si. The molecule has 2 unspecified atom stereocenters. The van der Waals surface area contributed by atoms with Crippen molar-refractivity contribution in [2.45, 2.75) is 135 Å². The first-order valence-electron chi connectivity index (χ1n) is 23.3. The van der Waals surface area contributed by atoms with Crippen LogP contribution in [0.2, 0.25) is 16.6 Å². The largest absolute Gasteiger partial charge is 0.468 e. The Labute approximate surface area is 378 Å². The Morgan fingerprint density at radius 1 is 0.969 bits per heavy atom. The number of hydrogen-bond donors (Lipinski definition) is 1. The molecule has 0 spiro atoms. The average Bonchev–Trinajstić information content (AvgIpc) is 3.88. The van der Waals surface area contributed by atoms with E-state index in [0.29, 0.717) is 69.6 Å². The van der Waals surface area contributed by atoms with Crippen molar-refractivity contribution < 1.29 is 32.5 Å². The van der Waals surface area contributed by atoms with Crippen LogP contribution in [-0.2, 0) is 9.47 Å². The highest BCUT2D eigenvalue weighted by atomic mass is 28.3. The number of fused-ring (bicyclic) bond motifs is 5. The van der Waals surface area contributed by atoms with Gasteiger partial charge >= 0.3 is 12.1 Å². The summed E-state index contributed by atoms with van der Waals surface area (Å²) in [7, 11) is -0.770. The van der Waals surface area contributed by atoms with E-state index in [9.17, 15) is 4.79 Å². The van der Waals surface area contributed by atoms with Crippen molar-refractivity contribution >= 4 is 41.7 Å². The highest BCUT2D eigenvalue weighted by Gasteiger charge is 2.47. The van der Waals surface area contributed by atoms with Crippen LogP contribution in [-0.4, -0.2) is 97.9 Å². The quantitative estimate of drug-likeness (QED) is 0.0838. The molecular weight excluding hydrogens is 831 g/mol. The smallest absolute Gasteiger partial charge is 0.407 e. The van der Waals surface area contributed by atoms with E-state index in [1.165, 1.54) is 13.2 Å². The number of aromatic nitrogens is 3. The van der Waals surface area contributed by atoms with E-state index >= 15 is 8.78 Å². The number of carbonyl (C=O) groups is 1. The molecule has 14 heteroatoms. The number of ether oxygens (including phenoxy) is 4. The number of pyridine rings is 1. The number of piperidine rings is 1. The van der Waals surface area contributed by atoms with Crippen molar-refractivity contribution in [3.8, 4) is 34.5 Å². The topological polar surface area (TPSA) is 111 Å². The molecule has 5 heterocycles. The zero-order chi connectivity index (χ0) is 45.7. The summed E-state index contributed by atoms with van der Waals surface area (Å²) in [6.45, 7) is 22.5. The fraction of sp³-hybridized carbons (Fsp3) is 0.600. The normalized spacial score (nSPS) is 20.9. The Morgan fingerprint density at radius 3 is 2.27 bits per heavy atom. The minimum absolute atomic E-state index is 0.0126. The van der Waals surface area contributed by atoms with Gasteiger partial charge in [-0.1, -0.05) is 53.5 Å². The number of alkyl carbamates (subject to hydrolysis) is 1. The predicted molar refractivity (Wildman–Crippen MR) is 250 cm³/mol. The summed E-state index contributed by atoms with van der Waals surface area (Å²) in [4.78, 5) is 32.3. The van der Waals surface area contributed by atoms with Gasteiger partial charge in [0.1, 0.15) is 48.9 Å². The predicted octanol–water partition coefficient (Wildman–Crippen LogP) is 10.4. The Morgan fingerprint density at radius 2 is 1.64 bits per heavy atom. The second-order valence-corrected chi connectivity index (χ2v) is 26.2. The summed E-state index contributed by atoms with van der Waals surface area (Å²) in [5, 5.41) is 4.68. The first kappa shape index (κ1) is 46.0. The van der Waals surface area contributed by atoms with Crippen molar-refractivity contribution in [1.82, 2.24) is 25.2 Å². The lowest BCUT2D eigenvalue weighted by Gasteiger charge is -2.39. The number of methoxy groups -OCH3 is 1. The van der Waals surface area contributed by atoms with Gasteiger partial charge in [0.2, 0.25) is 0 Å². The third kappa shape index (κ3) is 8.64. The number of rotatable bonds is 12. The van der Waals surface area contributed by atoms with Gasteiger partial charge in [0, 0.05) is 43.4 Å². The highest BCUT2D eigenvalue weighted by Crippen LogP contribution is 2.45. The Hall–Kier alpha value is -4.58. The van der Waals surface area contributed by atoms with Crippen LogP contribution >= 0.6 is 0 Å². The molecule has 1 saturated carbocycles. The molecule has 8 rings (SSSR count). The zero-order valence-electron chi connectivity index (χ0n) is 39.4. The van der Waals surface area contributed by atoms with E-state index < -0.39 is 31.4 Å². The van der Waals surface area contributed by atoms with Gasteiger partial charge in [-0.3, -0.25) is 9.88 Å². The standard InChI is InChI=1S/C50H66F2N6O5Si/c1-30(2)64(31(3)4,32(5)6)22-17-37-40(51)16-15-33-23-36(62-29-60-10)24-38(41(33)37)44-42(52)45-39(25-53-44)46(56-47(54-45)61-28-50-18-11-20-58(50)21-12-19-50)57-26-34-13-14-35(27-57)43(34)55-48(59)63-49(7,8)9/h15-16,23-25,30-32,34-35,43H,11-14,18-21,26-29H2,1-10H3,(H,55,59). The SMILES string of the molecule is COCOc1cc(-c2ncc3c(N4CC5CCC(C4)C5NC(=O)OC(C)(C)C)nc(OCC45CCCN4CCC5)nc3c2F)c2c(C#C[Si](C(C)C)(C(C)C)C(C)C)c(F)ccc2c1. The third-order valence-electron chi connectivity index (χ3n) is 14.7. The van der Waals surface area contributed by atoms with Gasteiger partial charge in [-0.15, -0.1) is 5.54 Å². The Bertz CT molecular complexity index is 2420. The molecule has 1 aliphatic carbocycles. The van der Waals surface area contributed by atoms with Gasteiger partial charge < -0.3 is 29.2 Å². The van der Waals surface area contributed by atoms with Gasteiger partial charge in [0.25, 0.3) is 0 Å². The molecule has 11 nitrogen and oxygen atoms in total. The summed E-state index contributed by atoms with van der Waals surface area (Å²) in [6, 6.07) is 6.63. The van der Waals surface area contributed by atoms with Crippen molar-refractivity contribution in [3.05, 3.63) is 47.7 Å². The fourth-order valence-corrected chi connectivity index (χ4v) is 17.0. The van der Waals surface area contributed by atoms with Crippen molar-refractivity contribution in [2.75, 3.05) is 51.6 Å². The first-order valence-corrected chi connectivity index (χ1v) is 25.6. The van der Waals surface area contributed by atoms with Gasteiger partial charge in [0.05, 0.1) is 16.5 Å². The van der Waals surface area contributed by atoms with Crippen LogP contribution in [0.3, 0.4) is 0 Å². The van der Waals surface area contributed by atoms with Gasteiger partial charge in [-0.2, -0.15) is 9.97 Å².